The second-order valence-electron chi connectivity index (χ2n) is 5.57. The fourth-order valence-electron chi connectivity index (χ4n) is 2.97. The second kappa shape index (κ2) is 4.62. The van der Waals surface area contributed by atoms with Gasteiger partial charge >= 0.3 is 0 Å². The molecule has 0 amide bonds. The molecular formula is C16H16N6. The van der Waals surface area contributed by atoms with Crippen molar-refractivity contribution in [3.63, 3.8) is 0 Å². The van der Waals surface area contributed by atoms with Gasteiger partial charge in [-0.25, -0.2) is 0 Å². The molecule has 1 aromatic carbocycles. The largest absolute Gasteiger partial charge is 0.335 e. The predicted octanol–water partition coefficient (Wildman–Crippen LogP) is 2.06. The first kappa shape index (κ1) is 12.9. The van der Waals surface area contributed by atoms with Gasteiger partial charge in [0.15, 0.2) is 5.82 Å². The lowest BCUT2D eigenvalue weighted by Gasteiger charge is -2.10. The summed E-state index contributed by atoms with van der Waals surface area (Å²) in [6.45, 7) is 7.06. The normalized spacial score (nSPS) is 13.3. The minimum Gasteiger partial charge on any atom is -0.335 e. The lowest BCUT2D eigenvalue weighted by molar-refractivity contribution is 0.638. The Balaban J connectivity index is 2.06. The van der Waals surface area contributed by atoms with Gasteiger partial charge in [-0.15, -0.1) is 15.0 Å². The van der Waals surface area contributed by atoms with Crippen LogP contribution in [-0.4, -0.2) is 30.6 Å². The van der Waals surface area contributed by atoms with Crippen LogP contribution in [0.5, 0.6) is 0 Å². The fourth-order valence-corrected chi connectivity index (χ4v) is 2.97. The zero-order valence-electron chi connectivity index (χ0n) is 12.8. The second-order valence-corrected chi connectivity index (χ2v) is 5.57. The molecule has 0 spiro atoms. The van der Waals surface area contributed by atoms with E-state index in [0.717, 1.165) is 22.8 Å². The molecule has 0 atom stereocenters. The van der Waals surface area contributed by atoms with Crippen LogP contribution in [0.2, 0.25) is 0 Å². The molecule has 4 rings (SSSR count). The van der Waals surface area contributed by atoms with Gasteiger partial charge in [-0.1, -0.05) is 30.3 Å². The Kier molecular flexibility index (Phi) is 2.72. The zero-order valence-corrected chi connectivity index (χ0v) is 12.8. The van der Waals surface area contributed by atoms with Crippen LogP contribution in [0.1, 0.15) is 33.9 Å². The lowest BCUT2D eigenvalue weighted by Crippen LogP contribution is -2.12. The third kappa shape index (κ3) is 1.73. The summed E-state index contributed by atoms with van der Waals surface area (Å²) >= 11 is 0. The van der Waals surface area contributed by atoms with Gasteiger partial charge in [0.05, 0.1) is 12.2 Å². The van der Waals surface area contributed by atoms with Crippen LogP contribution < -0.4 is 0 Å². The number of aromatic nitrogens is 5. The van der Waals surface area contributed by atoms with E-state index in [1.165, 1.54) is 21.6 Å². The highest BCUT2D eigenvalue weighted by atomic mass is 15.7. The van der Waals surface area contributed by atoms with E-state index in [0.29, 0.717) is 6.54 Å². The third-order valence-electron chi connectivity index (χ3n) is 4.42. The van der Waals surface area contributed by atoms with Crippen LogP contribution in [0.3, 0.4) is 0 Å². The first-order chi connectivity index (χ1) is 10.7. The molecule has 0 fully saturated rings. The highest BCUT2D eigenvalue weighted by Gasteiger charge is 2.25. The Hall–Kier alpha value is -2.76. The highest BCUT2D eigenvalue weighted by molar-refractivity contribution is 6.13. The summed E-state index contributed by atoms with van der Waals surface area (Å²) in [7, 11) is 0. The molecular weight excluding hydrogens is 276 g/mol. The van der Waals surface area contributed by atoms with Crippen LogP contribution >= 0.6 is 0 Å². The van der Waals surface area contributed by atoms with Gasteiger partial charge in [0.25, 0.3) is 0 Å². The summed E-state index contributed by atoms with van der Waals surface area (Å²) < 4.78 is 2.26. The maximum Gasteiger partial charge on any atom is 0.196 e. The smallest absolute Gasteiger partial charge is 0.196 e. The average molecular weight is 292 g/mol. The van der Waals surface area contributed by atoms with Gasteiger partial charge < -0.3 is 4.57 Å². The number of fused-ring (bicyclic) bond motifs is 2. The molecule has 2 aromatic heterocycles. The zero-order chi connectivity index (χ0) is 15.3. The molecule has 0 saturated heterocycles. The van der Waals surface area contributed by atoms with Crippen LogP contribution in [-0.2, 0) is 6.54 Å². The lowest BCUT2D eigenvalue weighted by atomic mass is 10.0. The van der Waals surface area contributed by atoms with E-state index in [9.17, 15) is 0 Å². The average Bonchev–Trinajstić information content (AvgIpc) is 3.01. The Morgan fingerprint density at radius 2 is 1.77 bits per heavy atom. The van der Waals surface area contributed by atoms with E-state index in [4.69, 9.17) is 5.10 Å². The van der Waals surface area contributed by atoms with Gasteiger partial charge in [-0.2, -0.15) is 0 Å². The van der Waals surface area contributed by atoms with Gasteiger partial charge in [-0.3, -0.25) is 0 Å². The van der Waals surface area contributed by atoms with E-state index in [1.807, 2.05) is 18.2 Å². The van der Waals surface area contributed by atoms with Crippen LogP contribution in [0.15, 0.2) is 35.4 Å². The molecule has 0 radical (unpaired) electrons. The molecule has 0 unspecified atom stereocenters. The predicted molar refractivity (Wildman–Crippen MR) is 83.0 cm³/mol. The van der Waals surface area contributed by atoms with Crippen LogP contribution in [0.25, 0.3) is 0 Å². The number of nitrogens with zero attached hydrogens (tertiary/aromatic N) is 6. The van der Waals surface area contributed by atoms with Gasteiger partial charge in [0.2, 0.25) is 0 Å². The van der Waals surface area contributed by atoms with Crippen LogP contribution in [0.4, 0.5) is 0 Å². The molecule has 6 nitrogen and oxygen atoms in total. The SMILES string of the molecule is Cc1c(C)c2n(c1C)Cc1nnnn1N=C2c1ccccc1. The van der Waals surface area contributed by atoms with Crippen molar-refractivity contribution in [3.8, 4) is 0 Å². The monoisotopic (exact) mass is 292 g/mol. The molecule has 0 bridgehead atoms. The van der Waals surface area contributed by atoms with Crippen LogP contribution in [0, 0.1) is 20.8 Å². The first-order valence-corrected chi connectivity index (χ1v) is 7.25. The Bertz CT molecular complexity index is 885. The van der Waals surface area contributed by atoms with Crippen molar-refractivity contribution in [3.05, 3.63) is 64.2 Å². The first-order valence-electron chi connectivity index (χ1n) is 7.25. The number of hydrogen-bond acceptors (Lipinski definition) is 4. The van der Waals surface area contributed by atoms with E-state index < -0.39 is 0 Å². The van der Waals surface area contributed by atoms with Crippen molar-refractivity contribution in [1.82, 2.24) is 24.9 Å². The van der Waals surface area contributed by atoms with Gasteiger partial charge in [0, 0.05) is 11.3 Å². The topological polar surface area (TPSA) is 60.9 Å². The van der Waals surface area contributed by atoms with Gasteiger partial charge in [0.1, 0.15) is 5.71 Å². The van der Waals surface area contributed by atoms with E-state index in [2.05, 4.69) is 53.0 Å². The van der Waals surface area contributed by atoms with E-state index in [1.54, 1.807) is 0 Å². The molecule has 0 aliphatic carbocycles. The standard InChI is InChI=1S/C16H16N6/c1-10-11(2)16-15(13-7-5-4-6-8-13)18-22-14(17-19-20-22)9-21(16)12(10)3/h4-8H,9H2,1-3H3. The molecule has 0 saturated carbocycles. The summed E-state index contributed by atoms with van der Waals surface area (Å²) in [5.41, 5.74) is 6.87. The molecule has 3 aromatic rings. The third-order valence-corrected chi connectivity index (χ3v) is 4.42. The summed E-state index contributed by atoms with van der Waals surface area (Å²) in [5.74, 6) is 0.741. The van der Waals surface area contributed by atoms with Crippen molar-refractivity contribution in [2.45, 2.75) is 27.3 Å². The highest BCUT2D eigenvalue weighted by Crippen LogP contribution is 2.27. The minimum atomic E-state index is 0.628. The maximum absolute atomic E-state index is 4.70. The molecule has 0 N–H and O–H groups in total. The molecule has 3 heterocycles. The minimum absolute atomic E-state index is 0.628. The maximum atomic E-state index is 4.70. The van der Waals surface area contributed by atoms with Crippen molar-refractivity contribution >= 4 is 5.71 Å². The molecule has 1 aliphatic rings. The quantitative estimate of drug-likeness (QED) is 0.539. The number of tetrazole rings is 1. The van der Waals surface area contributed by atoms with E-state index in [-0.39, 0.29) is 0 Å². The van der Waals surface area contributed by atoms with Crippen molar-refractivity contribution < 1.29 is 0 Å². The van der Waals surface area contributed by atoms with Crippen molar-refractivity contribution in [2.75, 3.05) is 0 Å². The fraction of sp³-hybridized carbons (Fsp3) is 0.250. The Morgan fingerprint density at radius 1 is 1.00 bits per heavy atom. The van der Waals surface area contributed by atoms with Crippen molar-refractivity contribution in [2.24, 2.45) is 5.10 Å². The summed E-state index contributed by atoms with van der Waals surface area (Å²) in [4.78, 5) is 1.53. The Labute approximate surface area is 128 Å². The Morgan fingerprint density at radius 3 is 2.55 bits per heavy atom. The molecule has 110 valence electrons. The summed E-state index contributed by atoms with van der Waals surface area (Å²) in [5, 5.41) is 16.5. The summed E-state index contributed by atoms with van der Waals surface area (Å²) in [6.07, 6.45) is 0. The number of rotatable bonds is 1. The molecule has 22 heavy (non-hydrogen) atoms. The number of benzene rings is 1. The van der Waals surface area contributed by atoms with E-state index >= 15 is 0 Å². The molecule has 6 heteroatoms. The molecule has 1 aliphatic heterocycles. The van der Waals surface area contributed by atoms with Crippen molar-refractivity contribution in [1.29, 1.82) is 0 Å². The summed E-state index contributed by atoms with van der Waals surface area (Å²) in [6, 6.07) is 10.2. The van der Waals surface area contributed by atoms with Gasteiger partial charge in [-0.05, 0) is 42.3 Å². The number of hydrogen-bond donors (Lipinski definition) is 0.